The van der Waals surface area contributed by atoms with Crippen molar-refractivity contribution in [3.05, 3.63) is 64.2 Å². The first-order valence-corrected chi connectivity index (χ1v) is 11.8. The second-order valence-electron chi connectivity index (χ2n) is 9.10. The average molecular weight is 514 g/mol. The Morgan fingerprint density at radius 2 is 1.81 bits per heavy atom. The molecule has 2 rings (SSSR count). The normalized spacial score (nSPS) is 12.6. The van der Waals surface area contributed by atoms with Gasteiger partial charge in [-0.3, -0.25) is 9.59 Å². The Morgan fingerprint density at radius 1 is 1.17 bits per heavy atom. The number of nitrogens with one attached hydrogen (secondary N) is 2. The predicted octanol–water partition coefficient (Wildman–Crippen LogP) is 4.04. The number of anilines is 1. The summed E-state index contributed by atoms with van der Waals surface area (Å²) >= 11 is 6.31. The maximum atomic E-state index is 13.6. The second kappa shape index (κ2) is 12.4. The van der Waals surface area contributed by atoms with E-state index >= 15 is 0 Å². The summed E-state index contributed by atoms with van der Waals surface area (Å²) in [4.78, 5) is 40.7. The number of likely N-dealkylation sites (N-methyl/N-ethyl adjacent to an activating group) is 1. The number of carbonyl (C=O) groups excluding carboxylic acids is 3. The van der Waals surface area contributed by atoms with Gasteiger partial charge >= 0.3 is 6.09 Å². The van der Waals surface area contributed by atoms with Crippen LogP contribution < -0.4 is 10.6 Å². The van der Waals surface area contributed by atoms with Gasteiger partial charge in [-0.25, -0.2) is 4.79 Å². The van der Waals surface area contributed by atoms with Gasteiger partial charge in [0.2, 0.25) is 5.91 Å². The maximum Gasteiger partial charge on any atom is 0.408 e. The van der Waals surface area contributed by atoms with Crippen LogP contribution in [0.25, 0.3) is 0 Å². The van der Waals surface area contributed by atoms with Gasteiger partial charge in [0.25, 0.3) is 5.91 Å². The number of halogens is 1. The zero-order chi connectivity index (χ0) is 27.0. The monoisotopic (exact) mass is 513 g/mol. The molecule has 2 unspecified atom stereocenters. The van der Waals surface area contributed by atoms with E-state index < -0.39 is 42.2 Å². The number of aliphatic hydroxyl groups is 1. The number of hydrogen-bond acceptors (Lipinski definition) is 5. The highest BCUT2D eigenvalue weighted by Crippen LogP contribution is 2.29. The van der Waals surface area contributed by atoms with Crippen molar-refractivity contribution >= 4 is 35.2 Å². The molecule has 0 aliphatic heterocycles. The number of aryl methyl sites for hydroxylation is 1. The maximum absolute atomic E-state index is 13.6. The largest absolute Gasteiger partial charge is 0.444 e. The molecule has 9 heteroatoms. The molecular formula is C27H32ClN3O5. The molecule has 0 heterocycles. The van der Waals surface area contributed by atoms with E-state index in [9.17, 15) is 19.5 Å². The average Bonchev–Trinajstić information content (AvgIpc) is 2.81. The van der Waals surface area contributed by atoms with E-state index in [0.29, 0.717) is 21.8 Å². The molecule has 2 aromatic rings. The molecule has 3 amide bonds. The lowest BCUT2D eigenvalue weighted by Gasteiger charge is -2.33. The Bertz CT molecular complexity index is 1120. The Labute approximate surface area is 217 Å². The van der Waals surface area contributed by atoms with Gasteiger partial charge in [0.1, 0.15) is 17.7 Å². The van der Waals surface area contributed by atoms with Crippen molar-refractivity contribution in [3.63, 3.8) is 0 Å². The fourth-order valence-corrected chi connectivity index (χ4v) is 3.79. The third kappa shape index (κ3) is 7.48. The number of carbonyl (C=O) groups is 3. The number of ether oxygens (including phenoxy) is 1. The summed E-state index contributed by atoms with van der Waals surface area (Å²) in [6.07, 6.45) is 4.60. The number of hydrogen-bond donors (Lipinski definition) is 3. The molecule has 0 fully saturated rings. The smallest absolute Gasteiger partial charge is 0.408 e. The zero-order valence-corrected chi connectivity index (χ0v) is 21.8. The molecule has 0 spiro atoms. The van der Waals surface area contributed by atoms with E-state index in [1.54, 1.807) is 77.1 Å². The Kier molecular flexibility index (Phi) is 9.91. The minimum Gasteiger partial charge on any atom is -0.444 e. The summed E-state index contributed by atoms with van der Waals surface area (Å²) in [6, 6.07) is 9.41. The summed E-state index contributed by atoms with van der Waals surface area (Å²) in [7, 11) is 0. The van der Waals surface area contributed by atoms with Crippen LogP contribution in [-0.2, 0) is 14.3 Å². The highest BCUT2D eigenvalue weighted by molar-refractivity contribution is 6.34. The van der Waals surface area contributed by atoms with E-state index in [1.807, 2.05) is 0 Å². The van der Waals surface area contributed by atoms with Crippen molar-refractivity contribution in [2.45, 2.75) is 52.3 Å². The summed E-state index contributed by atoms with van der Waals surface area (Å²) in [6.45, 7) is 7.93. The van der Waals surface area contributed by atoms with Crippen molar-refractivity contribution in [1.29, 1.82) is 0 Å². The van der Waals surface area contributed by atoms with Gasteiger partial charge in [-0.1, -0.05) is 41.8 Å². The van der Waals surface area contributed by atoms with Crippen LogP contribution in [0.3, 0.4) is 0 Å². The number of amides is 3. The van der Waals surface area contributed by atoms with Crippen LogP contribution in [0.15, 0.2) is 42.5 Å². The number of rotatable bonds is 8. The van der Waals surface area contributed by atoms with Gasteiger partial charge in [0.15, 0.2) is 0 Å². The van der Waals surface area contributed by atoms with Crippen molar-refractivity contribution in [2.75, 3.05) is 18.5 Å². The van der Waals surface area contributed by atoms with Crippen LogP contribution in [0.4, 0.5) is 10.5 Å². The molecular weight excluding hydrogens is 482 g/mol. The molecule has 192 valence electrons. The van der Waals surface area contributed by atoms with E-state index in [0.717, 1.165) is 5.56 Å². The quantitative estimate of drug-likeness (QED) is 0.462. The summed E-state index contributed by atoms with van der Waals surface area (Å²) < 4.78 is 5.21. The summed E-state index contributed by atoms with van der Waals surface area (Å²) in [5, 5.41) is 15.5. The molecule has 8 nitrogen and oxygen atoms in total. The first-order chi connectivity index (χ1) is 16.9. The number of aliphatic hydroxyl groups excluding tert-OH is 1. The Morgan fingerprint density at radius 3 is 2.31 bits per heavy atom. The van der Waals surface area contributed by atoms with Gasteiger partial charge in [0, 0.05) is 12.1 Å². The lowest BCUT2D eigenvalue weighted by Crippen LogP contribution is -2.53. The Hall–Kier alpha value is -3.54. The molecule has 0 bridgehead atoms. The fourth-order valence-electron chi connectivity index (χ4n) is 3.52. The molecule has 3 N–H and O–H groups in total. The van der Waals surface area contributed by atoms with Crippen molar-refractivity contribution < 1.29 is 24.2 Å². The molecule has 0 aliphatic carbocycles. The van der Waals surface area contributed by atoms with E-state index in [4.69, 9.17) is 22.8 Å². The molecule has 0 saturated heterocycles. The second-order valence-corrected chi connectivity index (χ2v) is 9.50. The van der Waals surface area contributed by atoms with Crippen LogP contribution in [0, 0.1) is 19.3 Å². The predicted molar refractivity (Wildman–Crippen MR) is 140 cm³/mol. The highest BCUT2D eigenvalue weighted by Gasteiger charge is 2.35. The molecule has 2 atom stereocenters. The van der Waals surface area contributed by atoms with Gasteiger partial charge in [-0.15, -0.1) is 6.42 Å². The van der Waals surface area contributed by atoms with E-state index in [-0.39, 0.29) is 6.54 Å². The van der Waals surface area contributed by atoms with Crippen LogP contribution in [-0.4, -0.2) is 52.7 Å². The molecule has 0 saturated carbocycles. The lowest BCUT2D eigenvalue weighted by molar-refractivity contribution is -0.141. The standard InChI is InChI=1S/C27H32ClN3O5/c1-7-18-12-14-19(15-13-18)23(24(33)30-22-17(3)10-9-11-20(22)28)31(8-2)25(34)21(16-32)29-26(35)36-27(4,5)6/h1,9-15,21,23,32H,8,16H2,2-6H3,(H,29,35)(H,30,33). The van der Waals surface area contributed by atoms with E-state index in [1.165, 1.54) is 4.90 Å². The van der Waals surface area contributed by atoms with Crippen LogP contribution in [0.1, 0.15) is 50.4 Å². The first-order valence-electron chi connectivity index (χ1n) is 11.4. The van der Waals surface area contributed by atoms with Crippen molar-refractivity contribution in [1.82, 2.24) is 10.2 Å². The van der Waals surface area contributed by atoms with Gasteiger partial charge < -0.3 is 25.4 Å². The Balaban J connectivity index is 2.45. The number of benzene rings is 2. The van der Waals surface area contributed by atoms with E-state index in [2.05, 4.69) is 16.6 Å². The zero-order valence-electron chi connectivity index (χ0n) is 21.1. The third-order valence-corrected chi connectivity index (χ3v) is 5.53. The third-order valence-electron chi connectivity index (χ3n) is 5.22. The molecule has 36 heavy (non-hydrogen) atoms. The lowest BCUT2D eigenvalue weighted by atomic mass is 10.0. The van der Waals surface area contributed by atoms with Crippen molar-refractivity contribution in [3.8, 4) is 12.3 Å². The summed E-state index contributed by atoms with van der Waals surface area (Å²) in [5.74, 6) is 1.33. The SMILES string of the molecule is C#Cc1ccc(C(C(=O)Nc2c(C)cccc2Cl)N(CC)C(=O)C(CO)NC(=O)OC(C)(C)C)cc1. The summed E-state index contributed by atoms with van der Waals surface area (Å²) in [5.41, 5.74) is 1.45. The molecule has 0 aliphatic rings. The first kappa shape index (κ1) is 28.7. The molecule has 0 radical (unpaired) electrons. The minimum atomic E-state index is -1.33. The van der Waals surface area contributed by atoms with Crippen molar-refractivity contribution in [2.24, 2.45) is 0 Å². The minimum absolute atomic E-state index is 0.0990. The number of terminal acetylenes is 1. The molecule has 0 aromatic heterocycles. The van der Waals surface area contributed by atoms with Crippen LogP contribution >= 0.6 is 11.6 Å². The number of para-hydroxylation sites is 1. The highest BCUT2D eigenvalue weighted by atomic mass is 35.5. The van der Waals surface area contributed by atoms with Gasteiger partial charge in [-0.05, 0) is 63.9 Å². The fraction of sp³-hybridized carbons (Fsp3) is 0.370. The number of nitrogens with zero attached hydrogens (tertiary/aromatic N) is 1. The van der Waals surface area contributed by atoms with Crippen LogP contribution in [0.5, 0.6) is 0 Å². The van der Waals surface area contributed by atoms with Crippen LogP contribution in [0.2, 0.25) is 5.02 Å². The van der Waals surface area contributed by atoms with Gasteiger partial charge in [0.05, 0.1) is 17.3 Å². The number of alkyl carbamates (subject to hydrolysis) is 1. The molecule has 2 aromatic carbocycles. The van der Waals surface area contributed by atoms with Gasteiger partial charge in [-0.2, -0.15) is 0 Å². The topological polar surface area (TPSA) is 108 Å².